The van der Waals surface area contributed by atoms with Gasteiger partial charge >= 0.3 is 0 Å². The average Bonchev–Trinajstić information content (AvgIpc) is 3.53. The second kappa shape index (κ2) is 7.84. The van der Waals surface area contributed by atoms with Gasteiger partial charge in [0.1, 0.15) is 12.0 Å². The van der Waals surface area contributed by atoms with E-state index in [-0.39, 0.29) is 0 Å². The lowest BCUT2D eigenvalue weighted by Crippen LogP contribution is -2.22. The highest BCUT2D eigenvalue weighted by Crippen LogP contribution is 2.29. The Bertz CT molecular complexity index is 1020. The lowest BCUT2D eigenvalue weighted by Gasteiger charge is -2.17. The highest BCUT2D eigenvalue weighted by atomic mass is 32.2. The zero-order valence-corrected chi connectivity index (χ0v) is 16.8. The number of aromatic nitrogens is 4. The third-order valence-electron chi connectivity index (χ3n) is 4.61. The molecule has 0 radical (unpaired) electrons. The van der Waals surface area contributed by atoms with Crippen LogP contribution in [-0.4, -0.2) is 32.8 Å². The van der Waals surface area contributed by atoms with E-state index in [4.69, 9.17) is 8.83 Å². The van der Waals surface area contributed by atoms with Gasteiger partial charge in [-0.2, -0.15) is 0 Å². The molecule has 4 aromatic rings. The van der Waals surface area contributed by atoms with E-state index in [1.165, 1.54) is 12.8 Å². The first-order chi connectivity index (χ1) is 13.9. The predicted octanol–water partition coefficient (Wildman–Crippen LogP) is 4.53. The summed E-state index contributed by atoms with van der Waals surface area (Å²) in [4.78, 5) is 7.93. The zero-order chi connectivity index (χ0) is 18.8. The first-order valence-corrected chi connectivity index (χ1v) is 11.0. The molecule has 1 saturated heterocycles. The number of hydrogen-bond donors (Lipinski definition) is 0. The van der Waals surface area contributed by atoms with Crippen molar-refractivity contribution in [2.75, 3.05) is 18.0 Å². The number of hydrogen-bond acceptors (Lipinski definition) is 8. The fourth-order valence-corrected chi connectivity index (χ4v) is 4.73. The summed E-state index contributed by atoms with van der Waals surface area (Å²) in [6.07, 6.45) is 5.81. The monoisotopic (exact) mass is 413 g/mol. The summed E-state index contributed by atoms with van der Waals surface area (Å²) in [6, 6.07) is 7.89. The zero-order valence-electron chi connectivity index (χ0n) is 15.2. The van der Waals surface area contributed by atoms with Gasteiger partial charge in [0, 0.05) is 18.8 Å². The third kappa shape index (κ3) is 3.59. The van der Waals surface area contributed by atoms with Crippen molar-refractivity contribution in [3.8, 4) is 10.8 Å². The van der Waals surface area contributed by atoms with Crippen molar-refractivity contribution in [2.45, 2.75) is 30.3 Å². The van der Waals surface area contributed by atoms with Crippen LogP contribution >= 0.6 is 23.1 Å². The Morgan fingerprint density at radius 3 is 2.82 bits per heavy atom. The molecule has 28 heavy (non-hydrogen) atoms. The Kier molecular flexibility index (Phi) is 4.92. The van der Waals surface area contributed by atoms with Gasteiger partial charge in [-0.3, -0.25) is 4.57 Å². The molecule has 0 unspecified atom stereocenters. The quantitative estimate of drug-likeness (QED) is 0.412. The van der Waals surface area contributed by atoms with Crippen LogP contribution in [0, 0.1) is 0 Å². The molecule has 1 aliphatic heterocycles. The molecule has 0 aliphatic carbocycles. The van der Waals surface area contributed by atoms with Crippen molar-refractivity contribution >= 4 is 29.0 Å². The maximum Gasteiger partial charge on any atom is 0.236 e. The number of oxazole rings is 1. The number of anilines is 1. The summed E-state index contributed by atoms with van der Waals surface area (Å²) in [5.74, 6) is 3.14. The van der Waals surface area contributed by atoms with E-state index in [0.29, 0.717) is 18.2 Å². The van der Waals surface area contributed by atoms with Gasteiger partial charge in [-0.05, 0) is 36.4 Å². The second-order valence-corrected chi connectivity index (χ2v) is 8.44. The molecule has 144 valence electrons. The molecular weight excluding hydrogens is 394 g/mol. The van der Waals surface area contributed by atoms with Crippen LogP contribution in [0.25, 0.3) is 10.8 Å². The summed E-state index contributed by atoms with van der Waals surface area (Å²) in [5, 5.41) is 11.8. The highest BCUT2D eigenvalue weighted by Gasteiger charge is 2.22. The molecule has 1 aliphatic rings. The van der Waals surface area contributed by atoms with Crippen LogP contribution < -0.4 is 4.90 Å². The minimum Gasteiger partial charge on any atom is -0.467 e. The maximum absolute atomic E-state index is 5.62. The van der Waals surface area contributed by atoms with Crippen LogP contribution in [0.5, 0.6) is 0 Å². The van der Waals surface area contributed by atoms with E-state index < -0.39 is 0 Å². The van der Waals surface area contributed by atoms with Gasteiger partial charge in [-0.1, -0.05) is 17.8 Å². The third-order valence-corrected chi connectivity index (χ3v) is 6.47. The van der Waals surface area contributed by atoms with Crippen LogP contribution in [0.2, 0.25) is 0 Å². The predicted molar refractivity (Wildman–Crippen MR) is 109 cm³/mol. The Morgan fingerprint density at radius 1 is 1.11 bits per heavy atom. The van der Waals surface area contributed by atoms with Crippen LogP contribution in [0.1, 0.15) is 24.3 Å². The smallest absolute Gasteiger partial charge is 0.236 e. The molecule has 0 N–H and O–H groups in total. The van der Waals surface area contributed by atoms with E-state index in [9.17, 15) is 0 Å². The molecule has 0 saturated carbocycles. The number of nitrogens with zero attached hydrogens (tertiary/aromatic N) is 5. The fourth-order valence-electron chi connectivity index (χ4n) is 3.26. The molecule has 0 amide bonds. The van der Waals surface area contributed by atoms with Gasteiger partial charge in [-0.25, -0.2) is 4.98 Å². The van der Waals surface area contributed by atoms with E-state index >= 15 is 0 Å². The van der Waals surface area contributed by atoms with Crippen molar-refractivity contribution in [1.29, 1.82) is 0 Å². The summed E-state index contributed by atoms with van der Waals surface area (Å²) in [7, 11) is 0. The number of rotatable bonds is 7. The average molecular weight is 414 g/mol. The van der Waals surface area contributed by atoms with Crippen molar-refractivity contribution in [1.82, 2.24) is 19.7 Å². The molecule has 1 fully saturated rings. The Hall–Kier alpha value is -2.52. The first-order valence-electron chi connectivity index (χ1n) is 9.18. The summed E-state index contributed by atoms with van der Waals surface area (Å²) >= 11 is 3.23. The Balaban J connectivity index is 1.35. The minimum atomic E-state index is 0.618. The Morgan fingerprint density at radius 2 is 2.04 bits per heavy atom. The highest BCUT2D eigenvalue weighted by molar-refractivity contribution is 7.98. The number of thioether (sulfide) groups is 1. The summed E-state index contributed by atoms with van der Waals surface area (Å²) in [6.45, 7) is 2.66. The second-order valence-electron chi connectivity index (χ2n) is 6.55. The lowest BCUT2D eigenvalue weighted by atomic mass is 10.4. The van der Waals surface area contributed by atoms with Gasteiger partial charge in [0.2, 0.25) is 11.8 Å². The van der Waals surface area contributed by atoms with Crippen LogP contribution in [0.15, 0.2) is 56.2 Å². The standard InChI is InChI=1S/C19H19N5O2S2/c1-2-8-23(7-1)18-21-22-19(24(18)11-15-5-3-9-25-15)28-13-14-12-26-17(20-14)16-6-4-10-27-16/h3-6,9-10,12H,1-2,7-8,11,13H2. The fraction of sp³-hybridized carbons (Fsp3) is 0.316. The minimum absolute atomic E-state index is 0.618. The van der Waals surface area contributed by atoms with Crippen LogP contribution in [0.3, 0.4) is 0 Å². The molecule has 0 atom stereocenters. The van der Waals surface area contributed by atoms with E-state index in [1.54, 1.807) is 35.6 Å². The maximum atomic E-state index is 5.62. The van der Waals surface area contributed by atoms with Crippen molar-refractivity contribution in [3.63, 3.8) is 0 Å². The molecular formula is C19H19N5O2S2. The van der Waals surface area contributed by atoms with Crippen LogP contribution in [-0.2, 0) is 12.3 Å². The first kappa shape index (κ1) is 17.6. The molecule has 0 aromatic carbocycles. The van der Waals surface area contributed by atoms with Gasteiger partial charge in [-0.15, -0.1) is 21.5 Å². The number of thiophene rings is 1. The summed E-state index contributed by atoms with van der Waals surface area (Å²) in [5.41, 5.74) is 0.892. The molecule has 5 rings (SSSR count). The summed E-state index contributed by atoms with van der Waals surface area (Å²) < 4.78 is 13.3. The van der Waals surface area contributed by atoms with Gasteiger partial charge < -0.3 is 13.7 Å². The normalized spacial score (nSPS) is 14.2. The van der Waals surface area contributed by atoms with Crippen molar-refractivity contribution in [2.24, 2.45) is 0 Å². The van der Waals surface area contributed by atoms with Gasteiger partial charge in [0.05, 0.1) is 23.4 Å². The molecule has 0 spiro atoms. The van der Waals surface area contributed by atoms with Gasteiger partial charge in [0.15, 0.2) is 5.16 Å². The van der Waals surface area contributed by atoms with Crippen molar-refractivity contribution < 1.29 is 8.83 Å². The molecule has 0 bridgehead atoms. The van der Waals surface area contributed by atoms with E-state index in [1.807, 2.05) is 29.6 Å². The van der Waals surface area contributed by atoms with Gasteiger partial charge in [0.25, 0.3) is 0 Å². The topological polar surface area (TPSA) is 73.1 Å². The van der Waals surface area contributed by atoms with Crippen LogP contribution in [0.4, 0.5) is 5.95 Å². The SMILES string of the molecule is c1coc(Cn2c(SCc3coc(-c4cccs4)n3)nnc2N2CCCC2)c1. The molecule has 4 aromatic heterocycles. The van der Waals surface area contributed by atoms with E-state index in [0.717, 1.165) is 40.5 Å². The molecule has 9 heteroatoms. The molecule has 7 nitrogen and oxygen atoms in total. The Labute approximate surface area is 170 Å². The van der Waals surface area contributed by atoms with E-state index in [2.05, 4.69) is 24.6 Å². The molecule has 5 heterocycles. The van der Waals surface area contributed by atoms with Crippen molar-refractivity contribution in [3.05, 3.63) is 53.6 Å². The lowest BCUT2D eigenvalue weighted by molar-refractivity contribution is 0.483. The number of furan rings is 1. The largest absolute Gasteiger partial charge is 0.467 e.